The van der Waals surface area contributed by atoms with Crippen molar-refractivity contribution >= 4 is 43.5 Å². The summed E-state index contributed by atoms with van der Waals surface area (Å²) in [5.74, 6) is -0.928. The van der Waals surface area contributed by atoms with Crippen molar-refractivity contribution in [1.82, 2.24) is 30.1 Å². The van der Waals surface area contributed by atoms with Crippen LogP contribution in [0.3, 0.4) is 0 Å². The number of hydrogen-bond donors (Lipinski definition) is 3. The summed E-state index contributed by atoms with van der Waals surface area (Å²) in [5, 5.41) is 10.5. The van der Waals surface area contributed by atoms with Crippen LogP contribution in [-0.2, 0) is 21.1 Å². The number of benzene rings is 2. The molecule has 0 aliphatic heterocycles. The minimum atomic E-state index is -3.22. The van der Waals surface area contributed by atoms with Crippen LogP contribution in [0.2, 0.25) is 0 Å². The Labute approximate surface area is 244 Å². The number of pyridine rings is 2. The lowest BCUT2D eigenvalue weighted by Gasteiger charge is -2.08. The van der Waals surface area contributed by atoms with Crippen LogP contribution >= 0.6 is 0 Å². The number of nitrogens with zero attached hydrogens (tertiary/aromatic N) is 4. The maximum atomic E-state index is 15.2. The predicted molar refractivity (Wildman–Crippen MR) is 160 cm³/mol. The van der Waals surface area contributed by atoms with Gasteiger partial charge in [0.05, 0.1) is 28.7 Å². The van der Waals surface area contributed by atoms with Gasteiger partial charge in [-0.1, -0.05) is 13.0 Å². The van der Waals surface area contributed by atoms with Crippen LogP contribution in [0.5, 0.6) is 0 Å². The fourth-order valence-electron chi connectivity index (χ4n) is 4.86. The van der Waals surface area contributed by atoms with Gasteiger partial charge in [-0.2, -0.15) is 5.10 Å². The number of rotatable bonds is 8. The van der Waals surface area contributed by atoms with Crippen LogP contribution in [-0.4, -0.2) is 56.5 Å². The van der Waals surface area contributed by atoms with Crippen LogP contribution in [0.15, 0.2) is 61.1 Å². The van der Waals surface area contributed by atoms with Crippen molar-refractivity contribution in [1.29, 1.82) is 0 Å². The Bertz CT molecular complexity index is 2140. The molecule has 6 rings (SSSR count). The minimum absolute atomic E-state index is 0.0988. The van der Waals surface area contributed by atoms with Crippen LogP contribution < -0.4 is 5.32 Å². The maximum absolute atomic E-state index is 15.2. The van der Waals surface area contributed by atoms with Gasteiger partial charge in [-0.3, -0.25) is 14.9 Å². The summed E-state index contributed by atoms with van der Waals surface area (Å²) in [5.41, 5.74) is 4.60. The Morgan fingerprint density at radius 1 is 1.02 bits per heavy atom. The molecule has 0 spiro atoms. The van der Waals surface area contributed by atoms with Crippen molar-refractivity contribution in [2.75, 3.05) is 17.3 Å². The van der Waals surface area contributed by atoms with Gasteiger partial charge in [-0.05, 0) is 47.9 Å². The molecule has 0 aliphatic carbocycles. The first-order valence-corrected chi connectivity index (χ1v) is 15.4. The van der Waals surface area contributed by atoms with E-state index in [9.17, 15) is 17.6 Å². The monoisotopic (exact) mass is 601 g/mol. The molecular formula is C30H25F2N7O3S. The molecule has 6 aromatic rings. The van der Waals surface area contributed by atoms with E-state index in [0.29, 0.717) is 67.9 Å². The molecule has 0 aliphatic rings. The second-order valence-electron chi connectivity index (χ2n) is 10.2. The molecule has 4 aromatic heterocycles. The number of nitrogens with one attached hydrogen (secondary N) is 3. The van der Waals surface area contributed by atoms with Crippen LogP contribution in [0, 0.1) is 11.6 Å². The third kappa shape index (κ3) is 5.84. The van der Waals surface area contributed by atoms with Gasteiger partial charge < -0.3 is 10.3 Å². The van der Waals surface area contributed by atoms with Gasteiger partial charge in [0.15, 0.2) is 11.5 Å². The van der Waals surface area contributed by atoms with Gasteiger partial charge in [0.25, 0.3) is 0 Å². The topological polar surface area (TPSA) is 146 Å². The number of sulfone groups is 1. The lowest BCUT2D eigenvalue weighted by molar-refractivity contribution is -0.115. The van der Waals surface area contributed by atoms with Crippen LogP contribution in [0.4, 0.5) is 14.5 Å². The molecule has 2 aromatic carbocycles. The molecule has 218 valence electrons. The van der Waals surface area contributed by atoms with E-state index in [1.165, 1.54) is 30.6 Å². The van der Waals surface area contributed by atoms with Gasteiger partial charge in [-0.25, -0.2) is 27.2 Å². The van der Waals surface area contributed by atoms with E-state index < -0.39 is 21.5 Å². The highest BCUT2D eigenvalue weighted by Crippen LogP contribution is 2.34. The molecule has 1 amide bonds. The number of aryl methyl sites for hydroxylation is 1. The number of carbonyl (C=O) groups is 1. The van der Waals surface area contributed by atoms with Gasteiger partial charge in [0.2, 0.25) is 5.91 Å². The number of hydrogen-bond acceptors (Lipinski definition) is 7. The number of fused-ring (bicyclic) bond motifs is 2. The van der Waals surface area contributed by atoms with Crippen molar-refractivity contribution in [3.8, 4) is 33.8 Å². The first kappa shape index (κ1) is 28.1. The van der Waals surface area contributed by atoms with Gasteiger partial charge >= 0.3 is 0 Å². The Hall–Kier alpha value is -5.04. The number of H-pyrrole nitrogens is 2. The molecule has 0 atom stereocenters. The fraction of sp³-hybridized carbons (Fsp3) is 0.167. The summed E-state index contributed by atoms with van der Waals surface area (Å²) in [6, 6.07) is 10.7. The number of halogens is 2. The highest BCUT2D eigenvalue weighted by Gasteiger charge is 2.19. The average Bonchev–Trinajstić information content (AvgIpc) is 3.58. The number of aromatic nitrogens is 6. The molecule has 0 fully saturated rings. The van der Waals surface area contributed by atoms with Crippen molar-refractivity contribution in [2.24, 2.45) is 0 Å². The lowest BCUT2D eigenvalue weighted by atomic mass is 10.0. The SMILES string of the molecule is CCC(=O)Nc1cncc(-c2cc3c(-c4nc5nccc(-c6cc(F)cc(CCS(C)(=O)=O)c6)c5[nH]4)n[nH]c3cc2F)c1. The molecule has 10 nitrogen and oxygen atoms in total. The number of amides is 1. The third-order valence-corrected chi connectivity index (χ3v) is 7.90. The molecule has 0 saturated carbocycles. The first-order chi connectivity index (χ1) is 20.6. The number of imidazole rings is 1. The zero-order valence-electron chi connectivity index (χ0n) is 23.1. The summed E-state index contributed by atoms with van der Waals surface area (Å²) >= 11 is 0. The largest absolute Gasteiger partial charge is 0.335 e. The summed E-state index contributed by atoms with van der Waals surface area (Å²) in [6.07, 6.45) is 6.16. The molecule has 0 radical (unpaired) electrons. The Balaban J connectivity index is 1.41. The number of carbonyl (C=O) groups excluding carboxylic acids is 1. The summed E-state index contributed by atoms with van der Waals surface area (Å²) in [7, 11) is -3.22. The smallest absolute Gasteiger partial charge is 0.224 e. The molecule has 0 bridgehead atoms. The molecular weight excluding hydrogens is 576 g/mol. The Kier molecular flexibility index (Phi) is 7.18. The van der Waals surface area contributed by atoms with Crippen LogP contribution in [0.1, 0.15) is 18.9 Å². The van der Waals surface area contributed by atoms with E-state index in [0.717, 1.165) is 6.26 Å². The third-order valence-electron chi connectivity index (χ3n) is 6.95. The Morgan fingerprint density at radius 3 is 2.65 bits per heavy atom. The summed E-state index contributed by atoms with van der Waals surface area (Å²) in [6.45, 7) is 1.73. The van der Waals surface area contributed by atoms with Crippen molar-refractivity contribution in [3.63, 3.8) is 0 Å². The molecule has 13 heteroatoms. The van der Waals surface area contributed by atoms with Crippen LogP contribution in [0.25, 0.3) is 55.8 Å². The van der Waals surface area contributed by atoms with Gasteiger partial charge in [-0.15, -0.1) is 0 Å². The average molecular weight is 602 g/mol. The summed E-state index contributed by atoms with van der Waals surface area (Å²) in [4.78, 5) is 28.2. The predicted octanol–water partition coefficient (Wildman–Crippen LogP) is 5.44. The van der Waals surface area contributed by atoms with Crippen molar-refractivity contribution in [2.45, 2.75) is 19.8 Å². The van der Waals surface area contributed by atoms with Crippen molar-refractivity contribution < 1.29 is 22.0 Å². The fourth-order valence-corrected chi connectivity index (χ4v) is 5.47. The molecule has 4 heterocycles. The van der Waals surface area contributed by atoms with E-state index in [-0.39, 0.29) is 23.6 Å². The van der Waals surface area contributed by atoms with Crippen molar-refractivity contribution in [3.05, 3.63) is 78.3 Å². The molecule has 43 heavy (non-hydrogen) atoms. The number of anilines is 1. The second-order valence-corrected chi connectivity index (χ2v) is 12.4. The van der Waals surface area contributed by atoms with E-state index in [1.54, 1.807) is 37.4 Å². The first-order valence-electron chi connectivity index (χ1n) is 13.3. The number of aromatic amines is 2. The molecule has 3 N–H and O–H groups in total. The minimum Gasteiger partial charge on any atom is -0.335 e. The standard InChI is InChI=1S/C30H25F2N7O3S/c1-3-26(40)35-20-11-18(14-33-15-20)22-12-23-25(13-24(22)32)38-39-28(23)30-36-27-21(4-6-34-29(27)37-30)17-8-16(9-19(31)10-17)5-7-43(2,41)42/h4,6,8-15H,3,5,7H2,1-2H3,(H,35,40)(H,38,39)(H,34,36,37). The lowest BCUT2D eigenvalue weighted by Crippen LogP contribution is -2.09. The second kappa shape index (κ2) is 11.0. The highest BCUT2D eigenvalue weighted by molar-refractivity contribution is 7.90. The maximum Gasteiger partial charge on any atom is 0.224 e. The quantitative estimate of drug-likeness (QED) is 0.210. The molecule has 0 saturated heterocycles. The van der Waals surface area contributed by atoms with Gasteiger partial charge in [0, 0.05) is 53.2 Å². The zero-order valence-corrected chi connectivity index (χ0v) is 23.9. The van der Waals surface area contributed by atoms with E-state index in [4.69, 9.17) is 0 Å². The van der Waals surface area contributed by atoms with Gasteiger partial charge in [0.1, 0.15) is 27.2 Å². The zero-order chi connectivity index (χ0) is 30.3. The normalized spacial score (nSPS) is 11.8. The van der Waals surface area contributed by atoms with E-state index >= 15 is 4.39 Å². The highest BCUT2D eigenvalue weighted by atomic mass is 32.2. The van der Waals surface area contributed by atoms with E-state index in [1.807, 2.05) is 0 Å². The Morgan fingerprint density at radius 2 is 1.86 bits per heavy atom. The van der Waals surface area contributed by atoms with E-state index in [2.05, 4.69) is 35.5 Å². The summed E-state index contributed by atoms with van der Waals surface area (Å²) < 4.78 is 53.1. The molecule has 0 unspecified atom stereocenters.